The number of hydrogen-bond acceptors (Lipinski definition) is 4. The predicted octanol–water partition coefficient (Wildman–Crippen LogP) is 2.77. The van der Waals surface area contributed by atoms with Crippen molar-refractivity contribution in [3.63, 3.8) is 0 Å². The van der Waals surface area contributed by atoms with Crippen LogP contribution in [0.1, 0.15) is 32.6 Å². The topological polar surface area (TPSA) is 21.3 Å². The van der Waals surface area contributed by atoms with Gasteiger partial charge in [-0.2, -0.15) is 23.5 Å². The maximum atomic E-state index is 5.91. The van der Waals surface area contributed by atoms with Crippen molar-refractivity contribution >= 4 is 23.5 Å². The minimum Gasteiger partial charge on any atom is -0.378 e. The van der Waals surface area contributed by atoms with Gasteiger partial charge in [-0.25, -0.2) is 0 Å². The van der Waals surface area contributed by atoms with Crippen molar-refractivity contribution in [3.05, 3.63) is 0 Å². The molecule has 1 saturated heterocycles. The fourth-order valence-electron chi connectivity index (χ4n) is 3.65. The number of thioether (sulfide) groups is 2. The molecule has 18 heavy (non-hydrogen) atoms. The summed E-state index contributed by atoms with van der Waals surface area (Å²) in [7, 11) is 0. The lowest BCUT2D eigenvalue weighted by Gasteiger charge is -2.61. The number of ether oxygens (including phenoxy) is 1. The van der Waals surface area contributed by atoms with Crippen LogP contribution < -0.4 is 5.32 Å². The molecule has 2 aliphatic carbocycles. The van der Waals surface area contributed by atoms with Crippen LogP contribution in [0, 0.1) is 5.41 Å². The van der Waals surface area contributed by atoms with E-state index in [0.717, 1.165) is 17.9 Å². The first-order valence-corrected chi connectivity index (χ1v) is 9.60. The van der Waals surface area contributed by atoms with Crippen LogP contribution in [-0.4, -0.2) is 47.8 Å². The Bertz CT molecular complexity index is 277. The summed E-state index contributed by atoms with van der Waals surface area (Å²) in [5, 5.41) is 4.70. The lowest BCUT2D eigenvalue weighted by molar-refractivity contribution is -0.172. The van der Waals surface area contributed by atoms with Gasteiger partial charge in [0.1, 0.15) is 0 Å². The fourth-order valence-corrected chi connectivity index (χ4v) is 6.28. The molecule has 0 amide bonds. The molecular weight excluding hydrogens is 262 g/mol. The highest BCUT2D eigenvalue weighted by molar-refractivity contribution is 8.06. The van der Waals surface area contributed by atoms with Crippen molar-refractivity contribution in [2.75, 3.05) is 30.4 Å². The molecule has 4 heteroatoms. The second kappa shape index (κ2) is 5.94. The summed E-state index contributed by atoms with van der Waals surface area (Å²) in [6.45, 7) is 4.22. The zero-order valence-corrected chi connectivity index (χ0v) is 13.0. The van der Waals surface area contributed by atoms with Gasteiger partial charge in [0, 0.05) is 47.1 Å². The van der Waals surface area contributed by atoms with Gasteiger partial charge < -0.3 is 10.1 Å². The van der Waals surface area contributed by atoms with Gasteiger partial charge in [-0.05, 0) is 26.2 Å². The Morgan fingerprint density at radius 2 is 2.22 bits per heavy atom. The number of hydrogen-bond donors (Lipinski definition) is 1. The minimum atomic E-state index is 0.530. The van der Waals surface area contributed by atoms with E-state index in [1.165, 1.54) is 49.5 Å². The van der Waals surface area contributed by atoms with Crippen LogP contribution in [-0.2, 0) is 4.74 Å². The summed E-state index contributed by atoms with van der Waals surface area (Å²) in [5.41, 5.74) is 0.530. The maximum absolute atomic E-state index is 5.91. The highest BCUT2D eigenvalue weighted by atomic mass is 32.2. The first kappa shape index (κ1) is 13.6. The Labute approximate surface area is 119 Å². The molecule has 1 N–H and O–H groups in total. The molecule has 0 bridgehead atoms. The van der Waals surface area contributed by atoms with Gasteiger partial charge in [-0.15, -0.1) is 0 Å². The molecule has 0 aromatic heterocycles. The third-order valence-corrected chi connectivity index (χ3v) is 7.76. The molecule has 3 atom stereocenters. The third-order valence-electron chi connectivity index (χ3n) is 4.91. The van der Waals surface area contributed by atoms with E-state index in [-0.39, 0.29) is 0 Å². The van der Waals surface area contributed by atoms with Gasteiger partial charge in [-0.3, -0.25) is 0 Å². The van der Waals surface area contributed by atoms with Crippen molar-refractivity contribution in [1.82, 2.24) is 5.32 Å². The Morgan fingerprint density at radius 3 is 2.83 bits per heavy atom. The summed E-state index contributed by atoms with van der Waals surface area (Å²) < 4.78 is 5.91. The molecule has 2 saturated carbocycles. The zero-order chi connectivity index (χ0) is 12.4. The molecule has 1 aliphatic heterocycles. The largest absolute Gasteiger partial charge is 0.378 e. The van der Waals surface area contributed by atoms with E-state index >= 15 is 0 Å². The summed E-state index contributed by atoms with van der Waals surface area (Å²) in [5.74, 6) is 4.03. The Kier molecular flexibility index (Phi) is 4.49. The van der Waals surface area contributed by atoms with Gasteiger partial charge in [0.25, 0.3) is 0 Å². The smallest absolute Gasteiger partial charge is 0.0661 e. The van der Waals surface area contributed by atoms with Crippen molar-refractivity contribution in [3.8, 4) is 0 Å². The lowest BCUT2D eigenvalue weighted by atomic mass is 9.51. The van der Waals surface area contributed by atoms with Crippen molar-refractivity contribution in [2.45, 2.75) is 50.0 Å². The van der Waals surface area contributed by atoms with Crippen molar-refractivity contribution in [2.24, 2.45) is 5.41 Å². The summed E-state index contributed by atoms with van der Waals surface area (Å²) >= 11 is 4.29. The minimum absolute atomic E-state index is 0.530. The highest BCUT2D eigenvalue weighted by Crippen LogP contribution is 2.57. The summed E-state index contributed by atoms with van der Waals surface area (Å²) in [6.07, 6.45) is 6.00. The van der Waals surface area contributed by atoms with Gasteiger partial charge in [0.2, 0.25) is 0 Å². The summed E-state index contributed by atoms with van der Waals surface area (Å²) in [6, 6.07) is 0.746. The standard InChI is InChI=1S/C14H25NOS2/c1-2-16-13-8-12(14(13)4-3-5-14)15-9-11-10-17-6-7-18-11/h11-13,15H,2-10H2,1H3. The van der Waals surface area contributed by atoms with Crippen LogP contribution >= 0.6 is 23.5 Å². The van der Waals surface area contributed by atoms with E-state index in [2.05, 4.69) is 35.8 Å². The van der Waals surface area contributed by atoms with E-state index in [4.69, 9.17) is 4.74 Å². The van der Waals surface area contributed by atoms with Crippen LogP contribution in [0.2, 0.25) is 0 Å². The van der Waals surface area contributed by atoms with E-state index in [9.17, 15) is 0 Å². The maximum Gasteiger partial charge on any atom is 0.0661 e. The Hall–Kier alpha value is 0.620. The van der Waals surface area contributed by atoms with Crippen molar-refractivity contribution in [1.29, 1.82) is 0 Å². The van der Waals surface area contributed by atoms with E-state index in [1.807, 2.05) is 0 Å². The SMILES string of the molecule is CCOC1CC(NCC2CSCCS2)C12CCC2. The molecular formula is C14H25NOS2. The monoisotopic (exact) mass is 287 g/mol. The number of rotatable bonds is 5. The van der Waals surface area contributed by atoms with E-state index in [0.29, 0.717) is 11.5 Å². The molecule has 3 unspecified atom stereocenters. The Morgan fingerprint density at radius 1 is 1.33 bits per heavy atom. The summed E-state index contributed by atoms with van der Waals surface area (Å²) in [4.78, 5) is 0. The van der Waals surface area contributed by atoms with Crippen LogP contribution in [0.4, 0.5) is 0 Å². The molecule has 1 spiro atoms. The van der Waals surface area contributed by atoms with Crippen LogP contribution in [0.5, 0.6) is 0 Å². The quantitative estimate of drug-likeness (QED) is 0.839. The van der Waals surface area contributed by atoms with Gasteiger partial charge >= 0.3 is 0 Å². The fraction of sp³-hybridized carbons (Fsp3) is 1.00. The lowest BCUT2D eigenvalue weighted by Crippen LogP contribution is -2.67. The van der Waals surface area contributed by atoms with Gasteiger partial charge in [-0.1, -0.05) is 6.42 Å². The van der Waals surface area contributed by atoms with Crippen LogP contribution in [0.3, 0.4) is 0 Å². The van der Waals surface area contributed by atoms with Gasteiger partial charge in [0.05, 0.1) is 6.10 Å². The normalized spacial score (nSPS) is 38.2. The molecule has 104 valence electrons. The highest BCUT2D eigenvalue weighted by Gasteiger charge is 2.58. The zero-order valence-electron chi connectivity index (χ0n) is 11.3. The second-order valence-electron chi connectivity index (χ2n) is 5.79. The molecule has 0 aromatic rings. The van der Waals surface area contributed by atoms with Crippen molar-refractivity contribution < 1.29 is 4.74 Å². The van der Waals surface area contributed by atoms with E-state index < -0.39 is 0 Å². The van der Waals surface area contributed by atoms with Crippen LogP contribution in [0.25, 0.3) is 0 Å². The average molecular weight is 287 g/mol. The molecule has 3 fully saturated rings. The molecule has 3 aliphatic rings. The first-order chi connectivity index (χ1) is 8.85. The van der Waals surface area contributed by atoms with Gasteiger partial charge in [0.15, 0.2) is 0 Å². The second-order valence-corrected chi connectivity index (χ2v) is 8.35. The Balaban J connectivity index is 1.46. The number of nitrogens with one attached hydrogen (secondary N) is 1. The molecule has 2 nitrogen and oxygen atoms in total. The predicted molar refractivity (Wildman–Crippen MR) is 81.7 cm³/mol. The first-order valence-electron chi connectivity index (χ1n) is 7.39. The third kappa shape index (κ3) is 2.46. The molecule has 3 rings (SSSR count). The average Bonchev–Trinajstić information content (AvgIpc) is 2.32. The van der Waals surface area contributed by atoms with Crippen LogP contribution in [0.15, 0.2) is 0 Å². The van der Waals surface area contributed by atoms with E-state index in [1.54, 1.807) is 0 Å². The molecule has 1 heterocycles. The molecule has 0 aromatic carbocycles. The molecule has 0 radical (unpaired) electrons.